The normalized spacial score (nSPS) is 10.6. The fraction of sp³-hybridized carbons (Fsp3) is 0.125. The third-order valence-corrected chi connectivity index (χ3v) is 3.22. The zero-order valence-electron chi connectivity index (χ0n) is 11.8. The molecule has 0 saturated heterocycles. The maximum absolute atomic E-state index is 11.2. The van der Waals surface area contributed by atoms with Gasteiger partial charge in [-0.05, 0) is 18.2 Å². The number of anilines is 1. The number of nitrogens with one attached hydrogen (secondary N) is 1. The van der Waals surface area contributed by atoms with Crippen molar-refractivity contribution in [3.05, 3.63) is 48.7 Å². The minimum Gasteiger partial charge on any atom is -0.494 e. The first-order valence-electron chi connectivity index (χ1n) is 6.58. The largest absolute Gasteiger partial charge is 0.494 e. The molecule has 0 radical (unpaired) electrons. The van der Waals surface area contributed by atoms with E-state index in [1.807, 2.05) is 53.3 Å². The second kappa shape index (κ2) is 5.28. The van der Waals surface area contributed by atoms with E-state index in [1.165, 1.54) is 6.92 Å². The lowest BCUT2D eigenvalue weighted by Crippen LogP contribution is -2.07. The third-order valence-electron chi connectivity index (χ3n) is 3.22. The van der Waals surface area contributed by atoms with Gasteiger partial charge in [0.05, 0.1) is 30.2 Å². The summed E-state index contributed by atoms with van der Waals surface area (Å²) in [6, 6.07) is 13.5. The summed E-state index contributed by atoms with van der Waals surface area (Å²) in [5, 5.41) is 8.22. The van der Waals surface area contributed by atoms with Crippen molar-refractivity contribution in [3.8, 4) is 11.4 Å². The van der Waals surface area contributed by atoms with E-state index in [2.05, 4.69) is 10.4 Å². The van der Waals surface area contributed by atoms with Gasteiger partial charge in [-0.1, -0.05) is 18.2 Å². The van der Waals surface area contributed by atoms with Crippen LogP contribution in [0.4, 0.5) is 5.69 Å². The lowest BCUT2D eigenvalue weighted by molar-refractivity contribution is -0.114. The molecule has 1 amide bonds. The number of ether oxygens (including phenoxy) is 1. The van der Waals surface area contributed by atoms with Crippen molar-refractivity contribution in [3.63, 3.8) is 0 Å². The van der Waals surface area contributed by atoms with Crippen molar-refractivity contribution in [1.82, 2.24) is 9.78 Å². The summed E-state index contributed by atoms with van der Waals surface area (Å²) < 4.78 is 7.18. The summed E-state index contributed by atoms with van der Waals surface area (Å²) >= 11 is 0. The Balaban J connectivity index is 2.09. The van der Waals surface area contributed by atoms with Crippen molar-refractivity contribution < 1.29 is 9.53 Å². The maximum atomic E-state index is 11.2. The van der Waals surface area contributed by atoms with E-state index in [0.717, 1.165) is 16.6 Å². The zero-order chi connectivity index (χ0) is 14.8. The van der Waals surface area contributed by atoms with Crippen LogP contribution in [0.3, 0.4) is 0 Å². The Kier molecular flexibility index (Phi) is 3.31. The molecule has 21 heavy (non-hydrogen) atoms. The number of rotatable bonds is 3. The third kappa shape index (κ3) is 2.45. The number of methoxy groups -OCH3 is 1. The van der Waals surface area contributed by atoms with Gasteiger partial charge < -0.3 is 10.1 Å². The molecule has 0 unspecified atom stereocenters. The highest BCUT2D eigenvalue weighted by atomic mass is 16.5. The van der Waals surface area contributed by atoms with E-state index < -0.39 is 0 Å². The molecule has 3 aromatic rings. The van der Waals surface area contributed by atoms with E-state index in [4.69, 9.17) is 4.74 Å². The maximum Gasteiger partial charge on any atom is 0.221 e. The number of hydrogen-bond acceptors (Lipinski definition) is 3. The summed E-state index contributed by atoms with van der Waals surface area (Å²) in [4.78, 5) is 11.2. The number of amides is 1. The average Bonchev–Trinajstić information content (AvgIpc) is 2.91. The van der Waals surface area contributed by atoms with Gasteiger partial charge in [0.25, 0.3) is 0 Å². The number of carbonyl (C=O) groups excluding carboxylic acids is 1. The van der Waals surface area contributed by atoms with E-state index in [-0.39, 0.29) is 5.91 Å². The molecular formula is C16H15N3O2. The summed E-state index contributed by atoms with van der Waals surface area (Å²) in [5.74, 6) is 0.466. The van der Waals surface area contributed by atoms with Crippen LogP contribution in [0, 0.1) is 0 Å². The topological polar surface area (TPSA) is 56.1 Å². The number of para-hydroxylation sites is 1. The van der Waals surface area contributed by atoms with Gasteiger partial charge in [0.15, 0.2) is 0 Å². The van der Waals surface area contributed by atoms with Crippen molar-refractivity contribution in [1.29, 1.82) is 0 Å². The standard InChI is InChI=1S/C16H15N3O2/c1-11(20)18-14-8-7-13(9-16(14)21-2)19-15-6-4-3-5-12(15)10-17-19/h3-10H,1-2H3,(H,18,20). The molecule has 1 N–H and O–H groups in total. The monoisotopic (exact) mass is 281 g/mol. The molecular weight excluding hydrogens is 266 g/mol. The number of benzene rings is 2. The van der Waals surface area contributed by atoms with Gasteiger partial charge in [-0.2, -0.15) is 5.10 Å². The fourth-order valence-electron chi connectivity index (χ4n) is 2.28. The summed E-state index contributed by atoms with van der Waals surface area (Å²) in [6.07, 6.45) is 1.82. The first-order valence-corrected chi connectivity index (χ1v) is 6.58. The molecule has 0 saturated carbocycles. The highest BCUT2D eigenvalue weighted by molar-refractivity contribution is 5.90. The van der Waals surface area contributed by atoms with Crippen LogP contribution in [0.25, 0.3) is 16.6 Å². The minimum absolute atomic E-state index is 0.134. The van der Waals surface area contributed by atoms with Crippen molar-refractivity contribution in [2.24, 2.45) is 0 Å². The Bertz CT molecular complexity index is 808. The number of hydrogen-bond donors (Lipinski definition) is 1. The molecule has 0 spiro atoms. The van der Waals surface area contributed by atoms with Gasteiger partial charge >= 0.3 is 0 Å². The smallest absolute Gasteiger partial charge is 0.221 e. The molecule has 0 aliphatic carbocycles. The molecule has 0 bridgehead atoms. The molecule has 0 atom stereocenters. The Labute approximate surface area is 122 Å². The van der Waals surface area contributed by atoms with E-state index in [9.17, 15) is 4.79 Å². The molecule has 106 valence electrons. The van der Waals surface area contributed by atoms with Crippen LogP contribution in [0.2, 0.25) is 0 Å². The van der Waals surface area contributed by atoms with Gasteiger partial charge in [0.2, 0.25) is 5.91 Å². The van der Waals surface area contributed by atoms with Crippen LogP contribution in [-0.4, -0.2) is 22.8 Å². The highest BCUT2D eigenvalue weighted by Crippen LogP contribution is 2.28. The first kappa shape index (κ1) is 13.2. The van der Waals surface area contributed by atoms with Crippen LogP contribution in [0.15, 0.2) is 48.7 Å². The van der Waals surface area contributed by atoms with Gasteiger partial charge in [-0.3, -0.25) is 4.79 Å². The Morgan fingerprint density at radius 3 is 2.81 bits per heavy atom. The zero-order valence-corrected chi connectivity index (χ0v) is 11.8. The molecule has 5 nitrogen and oxygen atoms in total. The fourth-order valence-corrected chi connectivity index (χ4v) is 2.28. The number of fused-ring (bicyclic) bond motifs is 1. The second-order valence-corrected chi connectivity index (χ2v) is 4.68. The summed E-state index contributed by atoms with van der Waals surface area (Å²) in [6.45, 7) is 1.47. The second-order valence-electron chi connectivity index (χ2n) is 4.68. The van der Waals surface area contributed by atoms with Crippen LogP contribution in [0.5, 0.6) is 5.75 Å². The average molecular weight is 281 g/mol. The van der Waals surface area contributed by atoms with Gasteiger partial charge in [0.1, 0.15) is 5.75 Å². The number of carbonyl (C=O) groups is 1. The molecule has 2 aromatic carbocycles. The van der Waals surface area contributed by atoms with E-state index >= 15 is 0 Å². The van der Waals surface area contributed by atoms with Gasteiger partial charge in [-0.15, -0.1) is 0 Å². The highest BCUT2D eigenvalue weighted by Gasteiger charge is 2.09. The van der Waals surface area contributed by atoms with Crippen molar-refractivity contribution in [2.75, 3.05) is 12.4 Å². The molecule has 1 heterocycles. The summed E-state index contributed by atoms with van der Waals surface area (Å²) in [5.41, 5.74) is 2.54. The minimum atomic E-state index is -0.134. The Morgan fingerprint density at radius 1 is 1.24 bits per heavy atom. The SMILES string of the molecule is COc1cc(-n2ncc3ccccc32)ccc1NC(C)=O. The van der Waals surface area contributed by atoms with Crippen LogP contribution in [0.1, 0.15) is 6.92 Å². The molecule has 1 aromatic heterocycles. The first-order chi connectivity index (χ1) is 10.2. The Morgan fingerprint density at radius 2 is 2.05 bits per heavy atom. The van der Waals surface area contributed by atoms with E-state index in [0.29, 0.717) is 11.4 Å². The molecule has 0 fully saturated rings. The van der Waals surface area contributed by atoms with Crippen LogP contribution < -0.4 is 10.1 Å². The number of nitrogens with zero attached hydrogens (tertiary/aromatic N) is 2. The van der Waals surface area contributed by atoms with Gasteiger partial charge in [0, 0.05) is 18.4 Å². The molecule has 0 aliphatic rings. The number of aromatic nitrogens is 2. The lowest BCUT2D eigenvalue weighted by atomic mass is 10.2. The molecule has 5 heteroatoms. The summed E-state index contributed by atoms with van der Waals surface area (Å²) in [7, 11) is 1.58. The van der Waals surface area contributed by atoms with Crippen LogP contribution in [-0.2, 0) is 4.79 Å². The quantitative estimate of drug-likeness (QED) is 0.803. The van der Waals surface area contributed by atoms with E-state index in [1.54, 1.807) is 7.11 Å². The molecule has 0 aliphatic heterocycles. The van der Waals surface area contributed by atoms with Crippen LogP contribution >= 0.6 is 0 Å². The van der Waals surface area contributed by atoms with Gasteiger partial charge in [-0.25, -0.2) is 4.68 Å². The van der Waals surface area contributed by atoms with Crippen molar-refractivity contribution >= 4 is 22.5 Å². The molecule has 3 rings (SSSR count). The predicted molar refractivity (Wildman–Crippen MR) is 81.9 cm³/mol. The Hall–Kier alpha value is -2.82. The lowest BCUT2D eigenvalue weighted by Gasteiger charge is -2.11. The van der Waals surface area contributed by atoms with Crippen molar-refractivity contribution in [2.45, 2.75) is 6.92 Å². The predicted octanol–water partition coefficient (Wildman–Crippen LogP) is 2.99.